The molecule has 1 atom stereocenters. The van der Waals surface area contributed by atoms with Gasteiger partial charge in [0, 0.05) is 36.8 Å². The number of H-pyrrole nitrogens is 1. The van der Waals surface area contributed by atoms with Gasteiger partial charge < -0.3 is 19.8 Å². The number of anilines is 1. The molecule has 1 aliphatic rings. The minimum absolute atomic E-state index is 0.0474. The Bertz CT molecular complexity index is 1010. The van der Waals surface area contributed by atoms with Gasteiger partial charge in [-0.1, -0.05) is 12.1 Å². The summed E-state index contributed by atoms with van der Waals surface area (Å²) in [5, 5.41) is 14.3. The summed E-state index contributed by atoms with van der Waals surface area (Å²) in [5.74, 6) is -1.43. The molecule has 9 heteroatoms. The molecule has 0 fully saturated rings. The largest absolute Gasteiger partial charge is 0.460 e. The van der Waals surface area contributed by atoms with Crippen LogP contribution in [-0.4, -0.2) is 36.2 Å². The minimum atomic E-state index is -0.809. The number of nitrogens with one attached hydrogen (secondary N) is 2. The highest BCUT2D eigenvalue weighted by atomic mass is 16.6. The summed E-state index contributed by atoms with van der Waals surface area (Å²) in [6, 6.07) is 7.57. The van der Waals surface area contributed by atoms with Crippen LogP contribution in [0, 0.1) is 10.1 Å². The highest BCUT2D eigenvalue weighted by Crippen LogP contribution is 2.40. The Morgan fingerprint density at radius 1 is 1.29 bits per heavy atom. The van der Waals surface area contributed by atoms with E-state index in [-0.39, 0.29) is 24.5 Å². The smallest absolute Gasteiger partial charge is 0.336 e. The molecule has 2 N–H and O–H groups in total. The fourth-order valence-electron chi connectivity index (χ4n) is 3.23. The van der Waals surface area contributed by atoms with E-state index < -0.39 is 22.4 Å². The number of nitrogens with zero attached hydrogens (tertiary/aromatic N) is 1. The van der Waals surface area contributed by atoms with E-state index in [1.54, 1.807) is 19.1 Å². The summed E-state index contributed by atoms with van der Waals surface area (Å²) in [6.45, 7) is 1.97. The normalized spacial score (nSPS) is 15.6. The molecule has 0 bridgehead atoms. The van der Waals surface area contributed by atoms with Gasteiger partial charge in [-0.25, -0.2) is 4.79 Å². The SMILES string of the molecule is COCCOC(=O)C1=C(C)Nc2cc[nH]c(=O)c2C1c1cccc([N+](=O)[O-])c1. The van der Waals surface area contributed by atoms with Crippen molar-refractivity contribution in [3.8, 4) is 0 Å². The Morgan fingerprint density at radius 2 is 2.07 bits per heavy atom. The van der Waals surface area contributed by atoms with E-state index in [0.717, 1.165) is 0 Å². The van der Waals surface area contributed by atoms with E-state index >= 15 is 0 Å². The van der Waals surface area contributed by atoms with Crippen molar-refractivity contribution in [2.24, 2.45) is 0 Å². The molecule has 0 spiro atoms. The molecule has 9 nitrogen and oxygen atoms in total. The summed E-state index contributed by atoms with van der Waals surface area (Å²) in [4.78, 5) is 38.7. The van der Waals surface area contributed by atoms with Crippen molar-refractivity contribution in [1.82, 2.24) is 4.98 Å². The number of nitro groups is 1. The van der Waals surface area contributed by atoms with Crippen LogP contribution in [0.5, 0.6) is 0 Å². The van der Waals surface area contributed by atoms with Crippen molar-refractivity contribution in [1.29, 1.82) is 0 Å². The van der Waals surface area contributed by atoms with Gasteiger partial charge in [-0.2, -0.15) is 0 Å². The quantitative estimate of drug-likeness (QED) is 0.338. The fraction of sp³-hybridized carbons (Fsp3) is 0.263. The third kappa shape index (κ3) is 3.65. The van der Waals surface area contributed by atoms with Crippen molar-refractivity contribution in [3.05, 3.63) is 79.4 Å². The van der Waals surface area contributed by atoms with Crippen molar-refractivity contribution >= 4 is 17.3 Å². The zero-order valence-electron chi connectivity index (χ0n) is 15.4. The van der Waals surface area contributed by atoms with Crippen LogP contribution >= 0.6 is 0 Å². The van der Waals surface area contributed by atoms with Crippen molar-refractivity contribution in [3.63, 3.8) is 0 Å². The number of aromatic amines is 1. The molecule has 2 aromatic rings. The van der Waals surface area contributed by atoms with Gasteiger partial charge in [0.05, 0.1) is 28.6 Å². The van der Waals surface area contributed by atoms with Crippen LogP contribution in [-0.2, 0) is 14.3 Å². The molecule has 146 valence electrons. The Kier molecular flexibility index (Phi) is 5.55. The first kappa shape index (κ1) is 19.3. The molecular weight excluding hydrogens is 366 g/mol. The third-order valence-electron chi connectivity index (χ3n) is 4.46. The first-order valence-corrected chi connectivity index (χ1v) is 8.53. The lowest BCUT2D eigenvalue weighted by Gasteiger charge is -2.29. The van der Waals surface area contributed by atoms with Crippen molar-refractivity contribution in [2.45, 2.75) is 12.8 Å². The van der Waals surface area contributed by atoms with Crippen molar-refractivity contribution < 1.29 is 19.2 Å². The second-order valence-electron chi connectivity index (χ2n) is 6.21. The summed E-state index contributed by atoms with van der Waals surface area (Å²) in [6.07, 6.45) is 1.49. The molecule has 0 amide bonds. The van der Waals surface area contributed by atoms with E-state index in [4.69, 9.17) is 9.47 Å². The molecule has 0 saturated heterocycles. The summed E-state index contributed by atoms with van der Waals surface area (Å²) < 4.78 is 10.2. The topological polar surface area (TPSA) is 124 Å². The lowest BCUT2D eigenvalue weighted by molar-refractivity contribution is -0.384. The monoisotopic (exact) mass is 385 g/mol. The number of non-ortho nitro benzene ring substituents is 1. The maximum atomic E-state index is 12.8. The van der Waals surface area contributed by atoms with Gasteiger partial charge in [-0.15, -0.1) is 0 Å². The van der Waals surface area contributed by atoms with E-state index in [2.05, 4.69) is 10.3 Å². The Hall–Kier alpha value is -3.46. The standard InChI is InChI=1S/C19H19N3O6/c1-11-15(19(24)28-9-8-27-2)16(12-4-3-5-13(10-12)22(25)26)17-14(21-11)6-7-20-18(17)23/h3-7,10,16,21H,8-9H2,1-2H3,(H,20,23). The lowest BCUT2D eigenvalue weighted by Crippen LogP contribution is -2.30. The number of hydrogen-bond donors (Lipinski definition) is 2. The average molecular weight is 385 g/mol. The number of fused-ring (bicyclic) bond motifs is 1. The summed E-state index contributed by atoms with van der Waals surface area (Å²) in [7, 11) is 1.49. The lowest BCUT2D eigenvalue weighted by atomic mass is 9.81. The van der Waals surface area contributed by atoms with Gasteiger partial charge in [0.15, 0.2) is 0 Å². The van der Waals surface area contributed by atoms with Crippen LogP contribution in [0.4, 0.5) is 11.4 Å². The maximum absolute atomic E-state index is 12.8. The van der Waals surface area contributed by atoms with Crippen LogP contribution in [0.1, 0.15) is 24.0 Å². The van der Waals surface area contributed by atoms with Crippen LogP contribution in [0.15, 0.2) is 52.6 Å². The first-order chi connectivity index (χ1) is 13.4. The van der Waals surface area contributed by atoms with E-state index in [1.165, 1.54) is 31.5 Å². The van der Waals surface area contributed by atoms with Gasteiger partial charge in [0.25, 0.3) is 11.2 Å². The fourth-order valence-corrected chi connectivity index (χ4v) is 3.23. The summed E-state index contributed by atoms with van der Waals surface area (Å²) in [5.41, 5.74) is 1.49. The molecule has 28 heavy (non-hydrogen) atoms. The number of allylic oxidation sites excluding steroid dienone is 1. The van der Waals surface area contributed by atoms with Crippen LogP contribution in [0.3, 0.4) is 0 Å². The molecule has 0 aliphatic carbocycles. The highest BCUT2D eigenvalue weighted by molar-refractivity contribution is 5.94. The first-order valence-electron chi connectivity index (χ1n) is 8.53. The van der Waals surface area contributed by atoms with Crippen LogP contribution < -0.4 is 10.9 Å². The number of hydrogen-bond acceptors (Lipinski definition) is 7. The van der Waals surface area contributed by atoms with E-state index in [1.807, 2.05) is 0 Å². The number of rotatable bonds is 6. The molecule has 3 rings (SSSR count). The molecule has 1 aromatic heterocycles. The molecule has 2 heterocycles. The van der Waals surface area contributed by atoms with E-state index in [0.29, 0.717) is 22.5 Å². The number of ether oxygens (including phenoxy) is 2. The van der Waals surface area contributed by atoms with Gasteiger partial charge >= 0.3 is 5.97 Å². The van der Waals surface area contributed by atoms with Crippen molar-refractivity contribution in [2.75, 3.05) is 25.6 Å². The van der Waals surface area contributed by atoms with Crippen LogP contribution in [0.25, 0.3) is 0 Å². The van der Waals surface area contributed by atoms with Gasteiger partial charge in [0.2, 0.25) is 0 Å². The predicted molar refractivity (Wildman–Crippen MR) is 101 cm³/mol. The van der Waals surface area contributed by atoms with Gasteiger partial charge in [-0.3, -0.25) is 14.9 Å². The highest BCUT2D eigenvalue weighted by Gasteiger charge is 2.35. The molecule has 0 saturated carbocycles. The predicted octanol–water partition coefficient (Wildman–Crippen LogP) is 2.30. The number of carbonyl (C=O) groups is 1. The number of aromatic nitrogens is 1. The second-order valence-corrected chi connectivity index (χ2v) is 6.21. The number of nitro benzene ring substituents is 1. The number of carbonyl (C=O) groups excluding carboxylic acids is 1. The zero-order valence-corrected chi connectivity index (χ0v) is 15.4. The Labute approximate surface area is 160 Å². The third-order valence-corrected chi connectivity index (χ3v) is 4.46. The molecular formula is C19H19N3O6. The number of pyridine rings is 1. The second kappa shape index (κ2) is 8.05. The Balaban J connectivity index is 2.15. The van der Waals surface area contributed by atoms with Gasteiger partial charge in [-0.05, 0) is 18.6 Å². The van der Waals surface area contributed by atoms with E-state index in [9.17, 15) is 19.7 Å². The number of esters is 1. The molecule has 1 unspecified atom stereocenters. The maximum Gasteiger partial charge on any atom is 0.336 e. The Morgan fingerprint density at radius 3 is 2.79 bits per heavy atom. The zero-order chi connectivity index (χ0) is 20.3. The minimum Gasteiger partial charge on any atom is -0.460 e. The number of benzene rings is 1. The number of methoxy groups -OCH3 is 1. The van der Waals surface area contributed by atoms with Crippen LogP contribution in [0.2, 0.25) is 0 Å². The van der Waals surface area contributed by atoms with Gasteiger partial charge in [0.1, 0.15) is 6.61 Å². The summed E-state index contributed by atoms with van der Waals surface area (Å²) >= 11 is 0. The molecule has 1 aromatic carbocycles. The molecule has 1 aliphatic heterocycles. The average Bonchev–Trinajstić information content (AvgIpc) is 2.67. The molecule has 0 radical (unpaired) electrons.